The predicted molar refractivity (Wildman–Crippen MR) is 75.9 cm³/mol. The normalized spacial score (nSPS) is 10.5. The summed E-state index contributed by atoms with van der Waals surface area (Å²) in [6, 6.07) is 8.31. The fourth-order valence-electron chi connectivity index (χ4n) is 1.49. The molecule has 0 saturated heterocycles. The van der Waals surface area contributed by atoms with Gasteiger partial charge < -0.3 is 4.98 Å². The molecule has 0 bridgehead atoms. The Balaban J connectivity index is 0.000000137. The monoisotopic (exact) mass is 263 g/mol. The van der Waals surface area contributed by atoms with Crippen molar-refractivity contribution in [2.24, 2.45) is 0 Å². The van der Waals surface area contributed by atoms with Crippen molar-refractivity contribution in [1.29, 1.82) is 0 Å². The van der Waals surface area contributed by atoms with Gasteiger partial charge in [0.1, 0.15) is 0 Å². The fraction of sp³-hybridized carbons (Fsp3) is 0. The van der Waals surface area contributed by atoms with E-state index in [0.29, 0.717) is 0 Å². The van der Waals surface area contributed by atoms with Gasteiger partial charge in [-0.1, -0.05) is 0 Å². The second kappa shape index (κ2) is 4.41. The van der Waals surface area contributed by atoms with Gasteiger partial charge in [0.2, 0.25) is 0 Å². The number of fused-ring (bicyclic) bond motifs is 3. The van der Waals surface area contributed by atoms with Gasteiger partial charge in [0, 0.05) is 22.5 Å². The molecule has 1 N–H and O–H groups in total. The molecule has 80 valence electrons. The van der Waals surface area contributed by atoms with Crippen molar-refractivity contribution in [3.05, 3.63) is 47.4 Å². The molecule has 0 radical (unpaired) electrons. The Morgan fingerprint density at radius 1 is 0.938 bits per heavy atom. The third-order valence-electron chi connectivity index (χ3n) is 2.20. The van der Waals surface area contributed by atoms with Gasteiger partial charge in [-0.25, -0.2) is 0 Å². The highest BCUT2D eigenvalue weighted by Gasteiger charge is 2.05. The number of hydrogen-bond donors (Lipinski definition) is 1. The summed E-state index contributed by atoms with van der Waals surface area (Å²) in [5, 5.41) is 5.78. The number of rotatable bonds is 0. The average molecular weight is 263 g/mol. The molecule has 4 rings (SSSR count). The van der Waals surface area contributed by atoms with Crippen LogP contribution >= 0.6 is 34.0 Å². The van der Waals surface area contributed by atoms with Gasteiger partial charge in [0.15, 0.2) is 0 Å². The summed E-state index contributed by atoms with van der Waals surface area (Å²) < 4.78 is 4.37. The molecule has 4 aromatic heterocycles. The zero-order chi connectivity index (χ0) is 10.8. The van der Waals surface area contributed by atoms with Crippen LogP contribution in [0.5, 0.6) is 0 Å². The van der Waals surface area contributed by atoms with Crippen LogP contribution in [-0.2, 0) is 0 Å². The van der Waals surface area contributed by atoms with Gasteiger partial charge in [-0.15, -0.1) is 34.0 Å². The van der Waals surface area contributed by atoms with Crippen LogP contribution in [-0.4, -0.2) is 4.98 Å². The molecular weight excluding hydrogens is 254 g/mol. The van der Waals surface area contributed by atoms with Crippen LogP contribution in [0.4, 0.5) is 0 Å². The van der Waals surface area contributed by atoms with Crippen LogP contribution in [0.2, 0.25) is 0 Å². The van der Waals surface area contributed by atoms with Crippen LogP contribution in [0.3, 0.4) is 0 Å². The number of aromatic amines is 1. The maximum Gasteiger partial charge on any atom is 0.0885 e. The Labute approximate surface area is 105 Å². The van der Waals surface area contributed by atoms with Crippen LogP contribution < -0.4 is 0 Å². The van der Waals surface area contributed by atoms with E-state index in [9.17, 15) is 0 Å². The van der Waals surface area contributed by atoms with Crippen LogP contribution in [0.15, 0.2) is 47.4 Å². The molecule has 0 aliphatic heterocycles. The summed E-state index contributed by atoms with van der Waals surface area (Å²) in [6.45, 7) is 0. The predicted octanol–water partition coefficient (Wildman–Crippen LogP) is 5.19. The van der Waals surface area contributed by atoms with Crippen molar-refractivity contribution in [3.63, 3.8) is 0 Å². The van der Waals surface area contributed by atoms with Gasteiger partial charge in [-0.3, -0.25) is 0 Å². The SMILES string of the molecule is c1cc2c(s1)sc1ccsc12.c1cc[nH]c1. The maximum absolute atomic E-state index is 2.86. The number of hydrogen-bond acceptors (Lipinski definition) is 3. The Kier molecular flexibility index (Phi) is 2.78. The van der Waals surface area contributed by atoms with Gasteiger partial charge in [-0.05, 0) is 35.0 Å². The van der Waals surface area contributed by atoms with Crippen molar-refractivity contribution in [1.82, 2.24) is 4.98 Å². The molecule has 0 aliphatic carbocycles. The number of thiophene rings is 3. The third-order valence-corrected chi connectivity index (χ3v) is 5.49. The largest absolute Gasteiger partial charge is 0.368 e. The first kappa shape index (κ1) is 10.1. The van der Waals surface area contributed by atoms with Gasteiger partial charge >= 0.3 is 0 Å². The van der Waals surface area contributed by atoms with Crippen molar-refractivity contribution in [3.8, 4) is 0 Å². The minimum atomic E-state index is 1.44. The molecule has 4 heteroatoms. The number of nitrogens with one attached hydrogen (secondary N) is 1. The lowest BCUT2D eigenvalue weighted by Crippen LogP contribution is -1.43. The fourth-order valence-corrected chi connectivity index (χ4v) is 4.87. The van der Waals surface area contributed by atoms with E-state index in [-0.39, 0.29) is 0 Å². The molecule has 0 amide bonds. The van der Waals surface area contributed by atoms with Gasteiger partial charge in [0.05, 0.1) is 8.71 Å². The van der Waals surface area contributed by atoms with E-state index in [2.05, 4.69) is 27.9 Å². The lowest BCUT2D eigenvalue weighted by atomic mass is 10.4. The molecule has 0 fully saturated rings. The minimum absolute atomic E-state index is 1.44. The highest BCUT2D eigenvalue weighted by Crippen LogP contribution is 2.39. The Hall–Kier alpha value is -1.10. The lowest BCUT2D eigenvalue weighted by Gasteiger charge is -1.71. The molecule has 1 nitrogen and oxygen atoms in total. The van der Waals surface area contributed by atoms with E-state index < -0.39 is 0 Å². The van der Waals surface area contributed by atoms with Crippen LogP contribution in [0.1, 0.15) is 0 Å². The first-order valence-corrected chi connectivity index (χ1v) is 7.44. The second-order valence-corrected chi connectivity index (χ2v) is 6.37. The van der Waals surface area contributed by atoms with Crippen molar-refractivity contribution < 1.29 is 0 Å². The van der Waals surface area contributed by atoms with Crippen molar-refractivity contribution in [2.45, 2.75) is 0 Å². The zero-order valence-electron chi connectivity index (χ0n) is 8.34. The second-order valence-electron chi connectivity index (χ2n) is 3.22. The van der Waals surface area contributed by atoms with Crippen molar-refractivity contribution in [2.75, 3.05) is 0 Å². The van der Waals surface area contributed by atoms with Gasteiger partial charge in [0.25, 0.3) is 0 Å². The van der Waals surface area contributed by atoms with E-state index in [1.54, 1.807) is 0 Å². The molecule has 4 aromatic rings. The summed E-state index contributed by atoms with van der Waals surface area (Å²) in [5.41, 5.74) is 0. The summed E-state index contributed by atoms with van der Waals surface area (Å²) in [6.07, 6.45) is 3.75. The molecule has 0 saturated carbocycles. The quantitative estimate of drug-likeness (QED) is 0.449. The Bertz CT molecular complexity index is 607. The first-order chi connectivity index (χ1) is 7.95. The standard InChI is InChI=1S/C8H4S3.C4H5N/c1-3-10-8-5(1)7-6(11-8)2-4-9-7;1-2-4-5-3-1/h1-4H;1-5H. The van der Waals surface area contributed by atoms with E-state index >= 15 is 0 Å². The molecule has 0 atom stereocenters. The Morgan fingerprint density at radius 3 is 2.50 bits per heavy atom. The van der Waals surface area contributed by atoms with Crippen LogP contribution in [0.25, 0.3) is 18.8 Å². The molecule has 0 aliphatic rings. The zero-order valence-corrected chi connectivity index (χ0v) is 10.8. The number of H-pyrrole nitrogens is 1. The lowest BCUT2D eigenvalue weighted by molar-refractivity contribution is 1.42. The Morgan fingerprint density at radius 2 is 1.75 bits per heavy atom. The first-order valence-electron chi connectivity index (χ1n) is 4.86. The molecule has 0 spiro atoms. The van der Waals surface area contributed by atoms with Gasteiger partial charge in [-0.2, -0.15) is 0 Å². The molecule has 16 heavy (non-hydrogen) atoms. The highest BCUT2D eigenvalue weighted by molar-refractivity contribution is 7.43. The highest BCUT2D eigenvalue weighted by atomic mass is 32.2. The minimum Gasteiger partial charge on any atom is -0.368 e. The number of aromatic nitrogens is 1. The summed E-state index contributed by atoms with van der Waals surface area (Å²) in [5.74, 6) is 0. The topological polar surface area (TPSA) is 15.8 Å². The molecule has 0 aromatic carbocycles. The van der Waals surface area contributed by atoms with Crippen LogP contribution in [0, 0.1) is 0 Å². The maximum atomic E-state index is 2.86. The van der Waals surface area contributed by atoms with E-state index in [1.165, 1.54) is 18.8 Å². The summed E-state index contributed by atoms with van der Waals surface area (Å²) in [7, 11) is 0. The summed E-state index contributed by atoms with van der Waals surface area (Å²) in [4.78, 5) is 2.86. The third kappa shape index (κ3) is 1.80. The smallest absolute Gasteiger partial charge is 0.0885 e. The average Bonchev–Trinajstić information content (AvgIpc) is 3.03. The van der Waals surface area contributed by atoms with E-state index in [1.807, 2.05) is 58.5 Å². The van der Waals surface area contributed by atoms with E-state index in [0.717, 1.165) is 0 Å². The van der Waals surface area contributed by atoms with Crippen molar-refractivity contribution >= 4 is 52.8 Å². The molecular formula is C12H9NS3. The molecule has 0 unspecified atom stereocenters. The van der Waals surface area contributed by atoms with E-state index in [4.69, 9.17) is 0 Å². The summed E-state index contributed by atoms with van der Waals surface area (Å²) >= 11 is 5.59. The molecule has 4 heterocycles.